The molecule has 2 rings (SSSR count). The number of ether oxygens (including phenoxy) is 1. The molecular formula is C11H12O3. The average Bonchev–Trinajstić information content (AvgIpc) is 2.97. The summed E-state index contributed by atoms with van der Waals surface area (Å²) < 4.78 is 5.08. The van der Waals surface area contributed by atoms with E-state index in [4.69, 9.17) is 9.84 Å². The Labute approximate surface area is 82.3 Å². The first-order valence-electron chi connectivity index (χ1n) is 4.59. The molecule has 1 N–H and O–H groups in total. The van der Waals surface area contributed by atoms with Crippen LogP contribution in [0.3, 0.4) is 0 Å². The maximum absolute atomic E-state index is 10.7. The summed E-state index contributed by atoms with van der Waals surface area (Å²) >= 11 is 0. The smallest absolute Gasteiger partial charge is 0.307 e. The van der Waals surface area contributed by atoms with Crippen molar-refractivity contribution in [2.45, 2.75) is 12.3 Å². The minimum absolute atomic E-state index is 0.183. The van der Waals surface area contributed by atoms with E-state index in [0.29, 0.717) is 0 Å². The van der Waals surface area contributed by atoms with Crippen molar-refractivity contribution in [1.29, 1.82) is 0 Å². The number of hydrogen-bond acceptors (Lipinski definition) is 2. The zero-order valence-electron chi connectivity index (χ0n) is 7.93. The number of hydrogen-bond donors (Lipinski definition) is 1. The van der Waals surface area contributed by atoms with Crippen LogP contribution >= 0.6 is 0 Å². The van der Waals surface area contributed by atoms with Crippen LogP contribution in [0, 0.1) is 5.92 Å². The van der Waals surface area contributed by atoms with Crippen molar-refractivity contribution in [2.24, 2.45) is 5.92 Å². The van der Waals surface area contributed by atoms with Crippen LogP contribution in [-0.4, -0.2) is 18.2 Å². The van der Waals surface area contributed by atoms with E-state index in [2.05, 4.69) is 0 Å². The maximum atomic E-state index is 10.7. The van der Waals surface area contributed by atoms with Crippen molar-refractivity contribution in [2.75, 3.05) is 7.11 Å². The minimum atomic E-state index is -0.696. The second-order valence-electron chi connectivity index (χ2n) is 3.56. The third kappa shape index (κ3) is 1.58. The summed E-state index contributed by atoms with van der Waals surface area (Å²) in [4.78, 5) is 10.7. The molecule has 2 atom stereocenters. The number of aliphatic carboxylic acids is 1. The van der Waals surface area contributed by atoms with Gasteiger partial charge in [0, 0.05) is 0 Å². The Morgan fingerprint density at radius 2 is 2.36 bits per heavy atom. The topological polar surface area (TPSA) is 46.5 Å². The van der Waals surface area contributed by atoms with Crippen LogP contribution in [0.15, 0.2) is 24.3 Å². The largest absolute Gasteiger partial charge is 0.497 e. The van der Waals surface area contributed by atoms with E-state index < -0.39 is 5.97 Å². The molecule has 0 unspecified atom stereocenters. The van der Waals surface area contributed by atoms with E-state index in [1.54, 1.807) is 7.11 Å². The molecule has 1 saturated carbocycles. The summed E-state index contributed by atoms with van der Waals surface area (Å²) in [5, 5.41) is 8.78. The molecule has 3 nitrogen and oxygen atoms in total. The average molecular weight is 192 g/mol. The molecule has 0 aromatic heterocycles. The molecule has 3 heteroatoms. The zero-order valence-corrected chi connectivity index (χ0v) is 7.93. The van der Waals surface area contributed by atoms with Crippen LogP contribution in [0.1, 0.15) is 17.9 Å². The van der Waals surface area contributed by atoms with Crippen LogP contribution in [0.2, 0.25) is 0 Å². The molecule has 0 radical (unpaired) electrons. The lowest BCUT2D eigenvalue weighted by Crippen LogP contribution is -1.98. The van der Waals surface area contributed by atoms with Gasteiger partial charge in [-0.1, -0.05) is 12.1 Å². The highest BCUT2D eigenvalue weighted by atomic mass is 16.5. The van der Waals surface area contributed by atoms with Gasteiger partial charge >= 0.3 is 5.97 Å². The lowest BCUT2D eigenvalue weighted by Gasteiger charge is -2.02. The summed E-state index contributed by atoms with van der Waals surface area (Å²) in [6.45, 7) is 0. The van der Waals surface area contributed by atoms with E-state index in [1.165, 1.54) is 0 Å². The Bertz CT molecular complexity index is 359. The van der Waals surface area contributed by atoms with Gasteiger partial charge in [0.2, 0.25) is 0 Å². The Hall–Kier alpha value is -1.51. The van der Waals surface area contributed by atoms with Crippen LogP contribution in [0.25, 0.3) is 0 Å². The standard InChI is InChI=1S/C11H12O3/c1-14-8-4-2-3-7(5-8)9-6-10(9)11(12)13/h2-5,9-10H,6H2,1H3,(H,12,13)/t9-,10-/m1/s1. The summed E-state index contributed by atoms with van der Waals surface area (Å²) in [5.74, 6) is 0.0843. The Morgan fingerprint density at radius 3 is 2.93 bits per heavy atom. The SMILES string of the molecule is COc1cccc([C@H]2C[C@H]2C(=O)O)c1. The van der Waals surface area contributed by atoms with Gasteiger partial charge in [-0.3, -0.25) is 4.79 Å². The second-order valence-corrected chi connectivity index (χ2v) is 3.56. The second kappa shape index (κ2) is 3.33. The van der Waals surface area contributed by atoms with E-state index in [1.807, 2.05) is 24.3 Å². The van der Waals surface area contributed by atoms with Crippen molar-refractivity contribution in [3.63, 3.8) is 0 Å². The first kappa shape index (κ1) is 9.06. The van der Waals surface area contributed by atoms with E-state index >= 15 is 0 Å². The molecule has 0 amide bonds. The lowest BCUT2D eigenvalue weighted by atomic mass is 10.1. The van der Waals surface area contributed by atoms with Gasteiger partial charge in [0.1, 0.15) is 5.75 Å². The zero-order chi connectivity index (χ0) is 10.1. The van der Waals surface area contributed by atoms with Gasteiger partial charge in [-0.2, -0.15) is 0 Å². The van der Waals surface area contributed by atoms with E-state index in [9.17, 15) is 4.79 Å². The van der Waals surface area contributed by atoms with E-state index in [0.717, 1.165) is 17.7 Å². The lowest BCUT2D eigenvalue weighted by molar-refractivity contribution is -0.138. The van der Waals surface area contributed by atoms with Gasteiger partial charge in [-0.05, 0) is 30.0 Å². The minimum Gasteiger partial charge on any atom is -0.497 e. The number of methoxy groups -OCH3 is 1. The Morgan fingerprint density at radius 1 is 1.57 bits per heavy atom. The fraction of sp³-hybridized carbons (Fsp3) is 0.364. The van der Waals surface area contributed by atoms with Gasteiger partial charge in [0.05, 0.1) is 13.0 Å². The number of carbonyl (C=O) groups is 1. The molecule has 0 saturated heterocycles. The third-order valence-electron chi connectivity index (χ3n) is 2.63. The Kier molecular flexibility index (Phi) is 2.15. The van der Waals surface area contributed by atoms with Gasteiger partial charge in [-0.25, -0.2) is 0 Å². The molecule has 1 aromatic carbocycles. The van der Waals surface area contributed by atoms with E-state index in [-0.39, 0.29) is 11.8 Å². The fourth-order valence-electron chi connectivity index (χ4n) is 1.71. The van der Waals surface area contributed by atoms with Crippen molar-refractivity contribution in [1.82, 2.24) is 0 Å². The van der Waals surface area contributed by atoms with Gasteiger partial charge in [0.25, 0.3) is 0 Å². The molecular weight excluding hydrogens is 180 g/mol. The monoisotopic (exact) mass is 192 g/mol. The number of carboxylic acid groups (broad SMARTS) is 1. The predicted molar refractivity (Wildman–Crippen MR) is 51.5 cm³/mol. The van der Waals surface area contributed by atoms with Crippen LogP contribution in [0.4, 0.5) is 0 Å². The number of benzene rings is 1. The first-order chi connectivity index (χ1) is 6.72. The molecule has 0 spiro atoms. The molecule has 1 aromatic rings. The van der Waals surface area contributed by atoms with Gasteiger partial charge < -0.3 is 9.84 Å². The summed E-state index contributed by atoms with van der Waals surface area (Å²) in [6.07, 6.45) is 0.752. The molecule has 0 aliphatic heterocycles. The highest BCUT2D eigenvalue weighted by Crippen LogP contribution is 2.48. The van der Waals surface area contributed by atoms with Crippen molar-refractivity contribution < 1.29 is 14.6 Å². The highest BCUT2D eigenvalue weighted by molar-refractivity contribution is 5.75. The summed E-state index contributed by atoms with van der Waals surface area (Å²) in [7, 11) is 1.61. The molecule has 14 heavy (non-hydrogen) atoms. The summed E-state index contributed by atoms with van der Waals surface area (Å²) in [6, 6.07) is 7.62. The summed E-state index contributed by atoms with van der Waals surface area (Å²) in [5.41, 5.74) is 1.07. The maximum Gasteiger partial charge on any atom is 0.307 e. The van der Waals surface area contributed by atoms with Crippen molar-refractivity contribution in [3.8, 4) is 5.75 Å². The highest BCUT2D eigenvalue weighted by Gasteiger charge is 2.44. The molecule has 0 heterocycles. The molecule has 74 valence electrons. The molecule has 1 aliphatic carbocycles. The number of carboxylic acids is 1. The normalized spacial score (nSPS) is 24.4. The third-order valence-corrected chi connectivity index (χ3v) is 2.63. The predicted octanol–water partition coefficient (Wildman–Crippen LogP) is 1.88. The molecule has 0 bridgehead atoms. The molecule has 1 fully saturated rings. The van der Waals surface area contributed by atoms with Crippen molar-refractivity contribution in [3.05, 3.63) is 29.8 Å². The first-order valence-corrected chi connectivity index (χ1v) is 4.59. The van der Waals surface area contributed by atoms with Crippen LogP contribution in [0.5, 0.6) is 5.75 Å². The molecule has 1 aliphatic rings. The van der Waals surface area contributed by atoms with Gasteiger partial charge in [-0.15, -0.1) is 0 Å². The fourth-order valence-corrected chi connectivity index (χ4v) is 1.71. The Balaban J connectivity index is 2.15. The number of rotatable bonds is 3. The quantitative estimate of drug-likeness (QED) is 0.795. The van der Waals surface area contributed by atoms with Crippen LogP contribution < -0.4 is 4.74 Å². The van der Waals surface area contributed by atoms with Crippen molar-refractivity contribution >= 4 is 5.97 Å². The van der Waals surface area contributed by atoms with Gasteiger partial charge in [0.15, 0.2) is 0 Å². The van der Waals surface area contributed by atoms with Crippen LogP contribution in [-0.2, 0) is 4.79 Å².